The Labute approximate surface area is 112 Å². The molecule has 1 aromatic heterocycles. The molecule has 0 unspecified atom stereocenters. The number of pyridine rings is 1. The first kappa shape index (κ1) is 13.5. The summed E-state index contributed by atoms with van der Waals surface area (Å²) in [5.74, 6) is -0.613. The number of carbonyl (C=O) groups is 2. The van der Waals surface area contributed by atoms with Crippen LogP contribution in [-0.2, 0) is 0 Å². The maximum absolute atomic E-state index is 12.0. The first-order chi connectivity index (χ1) is 9.06. The summed E-state index contributed by atoms with van der Waals surface area (Å²) >= 11 is 0. The third kappa shape index (κ3) is 3.53. The topological polar surface area (TPSA) is 79.3 Å². The molecule has 0 aromatic carbocycles. The Hall–Kier alpha value is -1.91. The van der Waals surface area contributed by atoms with E-state index in [0.29, 0.717) is 5.56 Å². The minimum Gasteiger partial charge on any atom is -0.477 e. The van der Waals surface area contributed by atoms with Gasteiger partial charge in [-0.15, -0.1) is 0 Å². The van der Waals surface area contributed by atoms with Crippen LogP contribution in [0.2, 0.25) is 0 Å². The van der Waals surface area contributed by atoms with Crippen LogP contribution in [0.1, 0.15) is 53.5 Å². The quantitative estimate of drug-likeness (QED) is 0.874. The van der Waals surface area contributed by atoms with Gasteiger partial charge in [-0.2, -0.15) is 0 Å². The lowest BCUT2D eigenvalue weighted by Crippen LogP contribution is -2.37. The fraction of sp³-hybridized carbons (Fsp3) is 0.500. The third-order valence-corrected chi connectivity index (χ3v) is 3.59. The molecule has 0 saturated heterocycles. The Morgan fingerprint density at radius 3 is 2.63 bits per heavy atom. The van der Waals surface area contributed by atoms with Crippen molar-refractivity contribution < 1.29 is 14.7 Å². The number of aromatic carboxylic acids is 1. The molecule has 1 fully saturated rings. The standard InChI is InChI=1S/C14H18N2O3/c1-9-2-4-11(5-3-9)16-13(17)10-6-7-15-12(8-10)14(18)19/h6-9,11H,2-5H2,1H3,(H,16,17)(H,18,19). The van der Waals surface area contributed by atoms with E-state index < -0.39 is 5.97 Å². The third-order valence-electron chi connectivity index (χ3n) is 3.59. The van der Waals surface area contributed by atoms with Gasteiger partial charge in [-0.05, 0) is 43.7 Å². The molecule has 5 nitrogen and oxygen atoms in total. The molecule has 1 aromatic rings. The van der Waals surface area contributed by atoms with E-state index in [1.165, 1.54) is 18.3 Å². The minimum absolute atomic E-state index is 0.107. The molecule has 1 aliphatic carbocycles. The molecule has 2 rings (SSSR count). The highest BCUT2D eigenvalue weighted by atomic mass is 16.4. The molecule has 2 N–H and O–H groups in total. The van der Waals surface area contributed by atoms with E-state index >= 15 is 0 Å². The first-order valence-electron chi connectivity index (χ1n) is 6.56. The van der Waals surface area contributed by atoms with Crippen LogP contribution in [0.15, 0.2) is 18.3 Å². The Morgan fingerprint density at radius 2 is 2.00 bits per heavy atom. The molecule has 5 heteroatoms. The molecule has 0 spiro atoms. The highest BCUT2D eigenvalue weighted by Crippen LogP contribution is 2.23. The van der Waals surface area contributed by atoms with Crippen LogP contribution in [0.3, 0.4) is 0 Å². The van der Waals surface area contributed by atoms with Crippen LogP contribution in [-0.4, -0.2) is 28.0 Å². The second-order valence-electron chi connectivity index (χ2n) is 5.17. The zero-order chi connectivity index (χ0) is 13.8. The number of carboxylic acids is 1. The van der Waals surface area contributed by atoms with Gasteiger partial charge in [0, 0.05) is 17.8 Å². The second kappa shape index (κ2) is 5.82. The van der Waals surface area contributed by atoms with Crippen molar-refractivity contribution in [2.75, 3.05) is 0 Å². The lowest BCUT2D eigenvalue weighted by Gasteiger charge is -2.26. The Kier molecular flexibility index (Phi) is 4.14. The van der Waals surface area contributed by atoms with E-state index in [1.54, 1.807) is 0 Å². The van der Waals surface area contributed by atoms with E-state index in [-0.39, 0.29) is 17.6 Å². The van der Waals surface area contributed by atoms with Crippen LogP contribution in [0, 0.1) is 5.92 Å². The number of hydrogen-bond donors (Lipinski definition) is 2. The lowest BCUT2D eigenvalue weighted by molar-refractivity contribution is 0.0690. The predicted octanol–water partition coefficient (Wildman–Crippen LogP) is 2.09. The van der Waals surface area contributed by atoms with E-state index in [0.717, 1.165) is 31.6 Å². The SMILES string of the molecule is CC1CCC(NC(=O)c2ccnc(C(=O)O)c2)CC1. The molecule has 1 saturated carbocycles. The minimum atomic E-state index is -1.12. The van der Waals surface area contributed by atoms with Gasteiger partial charge in [0.05, 0.1) is 0 Å². The van der Waals surface area contributed by atoms with Crippen molar-refractivity contribution >= 4 is 11.9 Å². The molecule has 0 aliphatic heterocycles. The molecule has 102 valence electrons. The number of rotatable bonds is 3. The van der Waals surface area contributed by atoms with Gasteiger partial charge in [0.2, 0.25) is 0 Å². The molecule has 0 radical (unpaired) electrons. The average Bonchev–Trinajstić information content (AvgIpc) is 2.41. The van der Waals surface area contributed by atoms with Crippen molar-refractivity contribution in [2.45, 2.75) is 38.6 Å². The fourth-order valence-electron chi connectivity index (χ4n) is 2.36. The Bertz CT molecular complexity index is 479. The molecule has 0 atom stereocenters. The lowest BCUT2D eigenvalue weighted by atomic mass is 9.87. The highest BCUT2D eigenvalue weighted by Gasteiger charge is 2.20. The first-order valence-corrected chi connectivity index (χ1v) is 6.56. The normalized spacial score (nSPS) is 22.8. The number of carbonyl (C=O) groups excluding carboxylic acids is 1. The largest absolute Gasteiger partial charge is 0.477 e. The van der Waals surface area contributed by atoms with Gasteiger partial charge < -0.3 is 10.4 Å². The molecule has 1 amide bonds. The summed E-state index contributed by atoms with van der Waals surface area (Å²) in [6, 6.07) is 3.04. The summed E-state index contributed by atoms with van der Waals surface area (Å²) in [4.78, 5) is 26.5. The zero-order valence-electron chi connectivity index (χ0n) is 10.9. The fourth-order valence-corrected chi connectivity index (χ4v) is 2.36. The van der Waals surface area contributed by atoms with Crippen molar-refractivity contribution in [1.29, 1.82) is 0 Å². The van der Waals surface area contributed by atoms with Crippen LogP contribution >= 0.6 is 0 Å². The number of nitrogens with zero attached hydrogens (tertiary/aromatic N) is 1. The maximum atomic E-state index is 12.0. The van der Waals surface area contributed by atoms with Gasteiger partial charge in [0.15, 0.2) is 0 Å². The number of carboxylic acid groups (broad SMARTS) is 1. The summed E-state index contributed by atoms with van der Waals surface area (Å²) in [6.45, 7) is 2.22. The predicted molar refractivity (Wildman–Crippen MR) is 70.1 cm³/mol. The Balaban J connectivity index is 2.00. The maximum Gasteiger partial charge on any atom is 0.354 e. The van der Waals surface area contributed by atoms with Gasteiger partial charge in [-0.1, -0.05) is 6.92 Å². The number of aromatic nitrogens is 1. The van der Waals surface area contributed by atoms with Crippen molar-refractivity contribution in [3.63, 3.8) is 0 Å². The van der Waals surface area contributed by atoms with Gasteiger partial charge in [0.1, 0.15) is 5.69 Å². The van der Waals surface area contributed by atoms with Gasteiger partial charge in [0.25, 0.3) is 5.91 Å². The molecule has 1 heterocycles. The average molecular weight is 262 g/mol. The zero-order valence-corrected chi connectivity index (χ0v) is 10.9. The molecule has 1 aliphatic rings. The summed E-state index contributed by atoms with van der Waals surface area (Å²) in [5.41, 5.74) is 0.246. The highest BCUT2D eigenvalue weighted by molar-refractivity contribution is 5.96. The van der Waals surface area contributed by atoms with Gasteiger partial charge in [-0.3, -0.25) is 4.79 Å². The van der Waals surface area contributed by atoms with E-state index in [9.17, 15) is 9.59 Å². The molecular formula is C14H18N2O3. The number of amides is 1. The van der Waals surface area contributed by atoms with Gasteiger partial charge >= 0.3 is 5.97 Å². The molecular weight excluding hydrogens is 244 g/mol. The van der Waals surface area contributed by atoms with Crippen LogP contribution < -0.4 is 5.32 Å². The monoisotopic (exact) mass is 262 g/mol. The van der Waals surface area contributed by atoms with Crippen LogP contribution in [0.5, 0.6) is 0 Å². The summed E-state index contributed by atoms with van der Waals surface area (Å²) in [6.07, 6.45) is 5.58. The van der Waals surface area contributed by atoms with E-state index in [2.05, 4.69) is 17.2 Å². The van der Waals surface area contributed by atoms with Crippen molar-refractivity contribution in [1.82, 2.24) is 10.3 Å². The van der Waals surface area contributed by atoms with E-state index in [1.807, 2.05) is 0 Å². The number of nitrogens with one attached hydrogen (secondary N) is 1. The summed E-state index contributed by atoms with van der Waals surface area (Å²) < 4.78 is 0. The second-order valence-corrected chi connectivity index (χ2v) is 5.17. The molecule has 0 bridgehead atoms. The van der Waals surface area contributed by atoms with Crippen LogP contribution in [0.4, 0.5) is 0 Å². The van der Waals surface area contributed by atoms with Crippen LogP contribution in [0.25, 0.3) is 0 Å². The van der Waals surface area contributed by atoms with Crippen molar-refractivity contribution in [3.8, 4) is 0 Å². The smallest absolute Gasteiger partial charge is 0.354 e. The van der Waals surface area contributed by atoms with Gasteiger partial charge in [-0.25, -0.2) is 9.78 Å². The van der Waals surface area contributed by atoms with Crippen molar-refractivity contribution in [2.24, 2.45) is 5.92 Å². The molecule has 19 heavy (non-hydrogen) atoms. The Morgan fingerprint density at radius 1 is 1.32 bits per heavy atom. The van der Waals surface area contributed by atoms with Crippen molar-refractivity contribution in [3.05, 3.63) is 29.6 Å². The summed E-state index contributed by atoms with van der Waals surface area (Å²) in [5, 5.41) is 11.8. The van der Waals surface area contributed by atoms with E-state index in [4.69, 9.17) is 5.11 Å². The number of hydrogen-bond acceptors (Lipinski definition) is 3. The summed E-state index contributed by atoms with van der Waals surface area (Å²) in [7, 11) is 0.